The Morgan fingerprint density at radius 1 is 1.80 bits per heavy atom. The quantitative estimate of drug-likeness (QED) is 0.717. The van der Waals surface area contributed by atoms with Crippen LogP contribution in [-0.2, 0) is 0 Å². The molecule has 0 N–H and O–H groups in total. The number of methoxy groups -OCH3 is 1. The maximum atomic E-state index is 4.93. The molecule has 1 aromatic heterocycles. The Bertz CT molecular complexity index is 211. The summed E-state index contributed by atoms with van der Waals surface area (Å²) >= 11 is 5.00. The highest BCUT2D eigenvalue weighted by Gasteiger charge is 2.05. The van der Waals surface area contributed by atoms with Gasteiger partial charge in [0, 0.05) is 15.9 Å². The fraction of sp³-hybridized carbons (Fsp3) is 0.500. The molecule has 0 bridgehead atoms. The van der Waals surface area contributed by atoms with Gasteiger partial charge in [-0.1, -0.05) is 27.3 Å². The van der Waals surface area contributed by atoms with E-state index in [1.54, 1.807) is 18.4 Å². The molecule has 1 atom stereocenters. The van der Waals surface area contributed by atoms with Gasteiger partial charge in [0.2, 0.25) is 0 Å². The molecule has 10 heavy (non-hydrogen) atoms. The summed E-state index contributed by atoms with van der Waals surface area (Å²) in [4.78, 5) is 5.58. The highest BCUT2D eigenvalue weighted by molar-refractivity contribution is 9.09. The van der Waals surface area contributed by atoms with Crippen LogP contribution in [0.25, 0.3) is 0 Å². The van der Waals surface area contributed by atoms with Crippen molar-refractivity contribution in [3.05, 3.63) is 11.1 Å². The first-order valence-corrected chi connectivity index (χ1v) is 4.61. The molecule has 0 aliphatic rings. The topological polar surface area (TPSA) is 22.1 Å². The number of thiazole rings is 1. The minimum Gasteiger partial charge on any atom is -0.473 e. The molecule has 0 aromatic carbocycles. The van der Waals surface area contributed by atoms with Crippen molar-refractivity contribution < 1.29 is 4.74 Å². The smallest absolute Gasteiger partial charge is 0.273 e. The summed E-state index contributed by atoms with van der Waals surface area (Å²) in [5.41, 5.74) is 0. The lowest BCUT2D eigenvalue weighted by molar-refractivity contribution is 0.412. The predicted octanol–water partition coefficient (Wildman–Crippen LogP) is 2.61. The van der Waals surface area contributed by atoms with E-state index in [1.165, 1.54) is 4.88 Å². The summed E-state index contributed by atoms with van der Waals surface area (Å²) in [6.07, 6.45) is 1.82. The van der Waals surface area contributed by atoms with Gasteiger partial charge >= 0.3 is 0 Å². The molecule has 0 fully saturated rings. The van der Waals surface area contributed by atoms with E-state index in [2.05, 4.69) is 27.8 Å². The van der Waals surface area contributed by atoms with Crippen LogP contribution in [-0.4, -0.2) is 12.1 Å². The molecule has 1 aromatic rings. The third-order valence-electron chi connectivity index (χ3n) is 1.07. The van der Waals surface area contributed by atoms with Gasteiger partial charge in [0.25, 0.3) is 5.19 Å². The van der Waals surface area contributed by atoms with E-state index in [-0.39, 0.29) is 0 Å². The first-order valence-electron chi connectivity index (χ1n) is 2.88. The molecule has 1 rings (SSSR count). The van der Waals surface area contributed by atoms with Gasteiger partial charge in [-0.05, 0) is 6.92 Å². The summed E-state index contributed by atoms with van der Waals surface area (Å²) in [5.74, 6) is 0. The van der Waals surface area contributed by atoms with Crippen molar-refractivity contribution in [2.45, 2.75) is 11.8 Å². The van der Waals surface area contributed by atoms with E-state index < -0.39 is 0 Å². The van der Waals surface area contributed by atoms with E-state index in [9.17, 15) is 0 Å². The lowest BCUT2D eigenvalue weighted by atomic mass is 10.4. The Balaban J connectivity index is 2.78. The van der Waals surface area contributed by atoms with E-state index in [4.69, 9.17) is 4.74 Å². The zero-order chi connectivity index (χ0) is 7.56. The van der Waals surface area contributed by atoms with Gasteiger partial charge in [-0.2, -0.15) is 0 Å². The second-order valence-corrected chi connectivity index (χ2v) is 4.25. The van der Waals surface area contributed by atoms with Crippen LogP contribution in [0.4, 0.5) is 0 Å². The van der Waals surface area contributed by atoms with Crippen LogP contribution in [0.5, 0.6) is 5.19 Å². The Hall–Kier alpha value is -0.0900. The molecule has 0 saturated heterocycles. The highest BCUT2D eigenvalue weighted by Crippen LogP contribution is 2.30. The molecule has 4 heteroatoms. The molecule has 0 aliphatic heterocycles. The minimum absolute atomic E-state index is 0.369. The van der Waals surface area contributed by atoms with E-state index >= 15 is 0 Å². The molecular weight excluding hydrogens is 214 g/mol. The van der Waals surface area contributed by atoms with Crippen LogP contribution in [0.15, 0.2) is 6.20 Å². The third kappa shape index (κ3) is 1.70. The minimum atomic E-state index is 0.369. The van der Waals surface area contributed by atoms with E-state index in [0.717, 1.165) is 5.19 Å². The number of nitrogens with zero attached hydrogens (tertiary/aromatic N) is 1. The molecule has 2 nitrogen and oxygen atoms in total. The Morgan fingerprint density at radius 2 is 2.50 bits per heavy atom. The van der Waals surface area contributed by atoms with Gasteiger partial charge < -0.3 is 4.74 Å². The lowest BCUT2D eigenvalue weighted by Crippen LogP contribution is -1.76. The number of aromatic nitrogens is 1. The second-order valence-electron chi connectivity index (χ2n) is 1.85. The number of halogens is 1. The van der Waals surface area contributed by atoms with E-state index in [1.807, 2.05) is 6.20 Å². The molecule has 0 saturated carbocycles. The monoisotopic (exact) mass is 221 g/mol. The van der Waals surface area contributed by atoms with Gasteiger partial charge in [-0.3, -0.25) is 0 Å². The molecule has 1 heterocycles. The summed E-state index contributed by atoms with van der Waals surface area (Å²) in [7, 11) is 1.63. The van der Waals surface area contributed by atoms with Gasteiger partial charge in [0.1, 0.15) is 0 Å². The first kappa shape index (κ1) is 8.01. The predicted molar refractivity (Wildman–Crippen MR) is 46.0 cm³/mol. The average Bonchev–Trinajstić information content (AvgIpc) is 2.34. The van der Waals surface area contributed by atoms with E-state index in [0.29, 0.717) is 4.83 Å². The van der Waals surface area contributed by atoms with Crippen LogP contribution >= 0.6 is 27.3 Å². The summed E-state index contributed by atoms with van der Waals surface area (Å²) in [6, 6.07) is 0. The van der Waals surface area contributed by atoms with Crippen LogP contribution in [0.3, 0.4) is 0 Å². The maximum absolute atomic E-state index is 4.93. The molecule has 56 valence electrons. The van der Waals surface area contributed by atoms with Crippen LogP contribution in [0.1, 0.15) is 16.6 Å². The standard InChI is InChI=1S/C6H8BrNOS/c1-4(7)5-3-8-6(9-2)10-5/h3-4H,1-2H3. The molecule has 0 amide bonds. The molecule has 0 radical (unpaired) electrons. The number of hydrogen-bond acceptors (Lipinski definition) is 3. The third-order valence-corrected chi connectivity index (χ3v) is 3.01. The highest BCUT2D eigenvalue weighted by atomic mass is 79.9. The lowest BCUT2D eigenvalue weighted by Gasteiger charge is -1.93. The number of alkyl halides is 1. The largest absolute Gasteiger partial charge is 0.473 e. The molecule has 0 aliphatic carbocycles. The van der Waals surface area contributed by atoms with Crippen molar-refractivity contribution >= 4 is 27.3 Å². The number of hydrogen-bond donors (Lipinski definition) is 0. The van der Waals surface area contributed by atoms with Crippen molar-refractivity contribution in [3.63, 3.8) is 0 Å². The van der Waals surface area contributed by atoms with Crippen molar-refractivity contribution in [1.82, 2.24) is 4.98 Å². The van der Waals surface area contributed by atoms with Crippen molar-refractivity contribution in [2.75, 3.05) is 7.11 Å². The van der Waals surface area contributed by atoms with Crippen LogP contribution in [0.2, 0.25) is 0 Å². The molecule has 1 unspecified atom stereocenters. The van der Waals surface area contributed by atoms with Crippen molar-refractivity contribution in [3.8, 4) is 5.19 Å². The summed E-state index contributed by atoms with van der Waals surface area (Å²) in [6.45, 7) is 2.06. The number of ether oxygens (including phenoxy) is 1. The molecular formula is C6H8BrNOS. The van der Waals surface area contributed by atoms with Gasteiger partial charge in [0.05, 0.1) is 7.11 Å². The zero-order valence-corrected chi connectivity index (χ0v) is 8.20. The van der Waals surface area contributed by atoms with Gasteiger partial charge in [-0.25, -0.2) is 4.98 Å². The van der Waals surface area contributed by atoms with Crippen molar-refractivity contribution in [1.29, 1.82) is 0 Å². The zero-order valence-electron chi connectivity index (χ0n) is 5.80. The van der Waals surface area contributed by atoms with Crippen molar-refractivity contribution in [2.24, 2.45) is 0 Å². The fourth-order valence-electron chi connectivity index (χ4n) is 0.548. The summed E-state index contributed by atoms with van der Waals surface area (Å²) in [5, 5.41) is 0.723. The van der Waals surface area contributed by atoms with Gasteiger partial charge in [-0.15, -0.1) is 0 Å². The SMILES string of the molecule is COc1ncc(C(C)Br)s1. The Kier molecular flexibility index (Phi) is 2.68. The normalized spacial score (nSPS) is 13.1. The van der Waals surface area contributed by atoms with Gasteiger partial charge in [0.15, 0.2) is 0 Å². The first-order chi connectivity index (χ1) is 4.74. The summed E-state index contributed by atoms with van der Waals surface area (Å²) < 4.78 is 4.93. The Labute approximate surface area is 72.4 Å². The van der Waals surface area contributed by atoms with Crippen LogP contribution < -0.4 is 4.74 Å². The fourth-order valence-corrected chi connectivity index (χ4v) is 1.60. The number of rotatable bonds is 2. The molecule has 0 spiro atoms. The second kappa shape index (κ2) is 3.34. The Morgan fingerprint density at radius 3 is 2.80 bits per heavy atom. The maximum Gasteiger partial charge on any atom is 0.273 e. The average molecular weight is 222 g/mol. The van der Waals surface area contributed by atoms with Crippen LogP contribution in [0, 0.1) is 0 Å².